The lowest BCUT2D eigenvalue weighted by Crippen LogP contribution is -2.52. The van der Waals surface area contributed by atoms with Crippen molar-refractivity contribution in [3.8, 4) is 0 Å². The average Bonchev–Trinajstić information content (AvgIpc) is 2.81. The second-order valence-corrected chi connectivity index (χ2v) is 6.24. The lowest BCUT2D eigenvalue weighted by Gasteiger charge is -2.37. The molecule has 0 spiro atoms. The Morgan fingerprint density at radius 3 is 2.30 bits per heavy atom. The first-order valence-corrected chi connectivity index (χ1v) is 10.9. The van der Waals surface area contributed by atoms with E-state index in [1.807, 2.05) is 39.0 Å². The number of benzene rings is 1. The number of aliphatic imine (C=N–C) groups is 1. The molecule has 0 bridgehead atoms. The Balaban J connectivity index is 0.000000806. The van der Waals surface area contributed by atoms with Crippen molar-refractivity contribution in [1.82, 2.24) is 20.2 Å². The van der Waals surface area contributed by atoms with Crippen LogP contribution in [0.3, 0.4) is 0 Å². The van der Waals surface area contributed by atoms with E-state index in [9.17, 15) is 0 Å². The molecule has 1 aliphatic rings. The van der Waals surface area contributed by atoms with Gasteiger partial charge < -0.3 is 25.5 Å². The molecule has 2 aromatic rings. The van der Waals surface area contributed by atoms with E-state index in [0.717, 1.165) is 61.1 Å². The standard InChI is InChI=1S/C15H19N5S.C3H7N.C2H5N.C2H6/c1-2-16-15(21)20-9-7-19(8-10-20)14-12-5-3-4-6-13(12)17-11-18-14;1-3-4-2;1-2-3;1-2/h3-6,11H,2,7-10H2,1H3,(H,16,21);2-3H2,1H3;2-3H,1H3;1-2H3. The van der Waals surface area contributed by atoms with Gasteiger partial charge in [-0.3, -0.25) is 0 Å². The van der Waals surface area contributed by atoms with Gasteiger partial charge in [-0.25, -0.2) is 9.97 Å². The van der Waals surface area contributed by atoms with Crippen LogP contribution in [0.25, 0.3) is 10.9 Å². The maximum absolute atomic E-state index is 6.08. The Morgan fingerprint density at radius 2 is 1.77 bits per heavy atom. The van der Waals surface area contributed by atoms with Crippen LogP contribution in [0.4, 0.5) is 5.82 Å². The van der Waals surface area contributed by atoms with Gasteiger partial charge in [0.25, 0.3) is 0 Å². The molecule has 0 radical (unpaired) electrons. The molecular formula is C22H37N7S. The van der Waals surface area contributed by atoms with E-state index >= 15 is 0 Å². The van der Waals surface area contributed by atoms with Crippen molar-refractivity contribution >= 4 is 47.0 Å². The molecule has 3 rings (SSSR count). The van der Waals surface area contributed by atoms with Gasteiger partial charge in [0, 0.05) is 44.7 Å². The van der Waals surface area contributed by atoms with Crippen LogP contribution in [0.15, 0.2) is 35.6 Å². The number of rotatable bonds is 3. The summed E-state index contributed by atoms with van der Waals surface area (Å²) in [7, 11) is 0. The highest BCUT2D eigenvalue weighted by molar-refractivity contribution is 7.80. The van der Waals surface area contributed by atoms with Crippen LogP contribution >= 0.6 is 12.2 Å². The highest BCUT2D eigenvalue weighted by Gasteiger charge is 2.20. The van der Waals surface area contributed by atoms with E-state index in [-0.39, 0.29) is 0 Å². The first kappa shape index (κ1) is 27.4. The van der Waals surface area contributed by atoms with Crippen molar-refractivity contribution in [3.05, 3.63) is 30.6 Å². The molecule has 0 saturated carbocycles. The lowest BCUT2D eigenvalue weighted by molar-refractivity contribution is 0.380. The number of hydrogen-bond acceptors (Lipinski definition) is 6. The quantitative estimate of drug-likeness (QED) is 0.564. The fraction of sp³-hybridized carbons (Fsp3) is 0.500. The largest absolute Gasteiger partial charge is 0.363 e. The SMILES string of the molecule is C=NCC.CC.CC=N.CCNC(=S)N1CCN(c2ncnc3ccccc23)CC1. The van der Waals surface area contributed by atoms with Crippen molar-refractivity contribution in [2.24, 2.45) is 4.99 Å². The molecule has 1 aromatic heterocycles. The van der Waals surface area contributed by atoms with Crippen LogP contribution in [0.1, 0.15) is 34.6 Å². The van der Waals surface area contributed by atoms with Gasteiger partial charge in [-0.15, -0.1) is 0 Å². The number of anilines is 1. The molecular weight excluding hydrogens is 394 g/mol. The van der Waals surface area contributed by atoms with Crippen molar-refractivity contribution in [2.45, 2.75) is 34.6 Å². The van der Waals surface area contributed by atoms with E-state index in [1.165, 1.54) is 6.21 Å². The molecule has 0 unspecified atom stereocenters. The number of nitrogens with one attached hydrogen (secondary N) is 2. The lowest BCUT2D eigenvalue weighted by atomic mass is 10.2. The zero-order valence-corrected chi connectivity index (χ0v) is 19.9. The van der Waals surface area contributed by atoms with Crippen molar-refractivity contribution < 1.29 is 0 Å². The third-order valence-electron chi connectivity index (χ3n) is 3.94. The molecule has 2 heterocycles. The Labute approximate surface area is 187 Å². The monoisotopic (exact) mass is 431 g/mol. The Kier molecular flexibility index (Phi) is 15.8. The van der Waals surface area contributed by atoms with E-state index in [4.69, 9.17) is 17.6 Å². The molecule has 0 amide bonds. The number of piperazine rings is 1. The fourth-order valence-corrected chi connectivity index (χ4v) is 2.95. The number of para-hydroxylation sites is 1. The normalized spacial score (nSPS) is 12.2. The predicted octanol–water partition coefficient (Wildman–Crippen LogP) is 4.04. The summed E-state index contributed by atoms with van der Waals surface area (Å²) in [5, 5.41) is 11.3. The summed E-state index contributed by atoms with van der Waals surface area (Å²) in [4.78, 5) is 16.8. The molecule has 1 saturated heterocycles. The number of fused-ring (bicyclic) bond motifs is 1. The molecule has 7 nitrogen and oxygen atoms in total. The number of nitrogens with zero attached hydrogens (tertiary/aromatic N) is 5. The molecule has 1 aliphatic heterocycles. The summed E-state index contributed by atoms with van der Waals surface area (Å²) in [5.74, 6) is 1.02. The van der Waals surface area contributed by atoms with Crippen molar-refractivity contribution in [2.75, 3.05) is 44.2 Å². The third-order valence-corrected chi connectivity index (χ3v) is 4.34. The first-order chi connectivity index (χ1) is 14.6. The highest BCUT2D eigenvalue weighted by Crippen LogP contribution is 2.23. The summed E-state index contributed by atoms with van der Waals surface area (Å²) in [5.41, 5.74) is 0.994. The summed E-state index contributed by atoms with van der Waals surface area (Å²) in [6.07, 6.45) is 2.90. The van der Waals surface area contributed by atoms with Crippen LogP contribution in [0.2, 0.25) is 0 Å². The summed E-state index contributed by atoms with van der Waals surface area (Å²) >= 11 is 5.38. The number of aromatic nitrogens is 2. The Bertz CT molecular complexity index is 738. The third kappa shape index (κ3) is 9.26. The maximum atomic E-state index is 6.08. The fourth-order valence-electron chi connectivity index (χ4n) is 2.63. The van der Waals surface area contributed by atoms with Gasteiger partial charge in [-0.2, -0.15) is 0 Å². The molecule has 166 valence electrons. The predicted molar refractivity (Wildman–Crippen MR) is 135 cm³/mol. The molecule has 30 heavy (non-hydrogen) atoms. The Morgan fingerprint density at radius 1 is 1.20 bits per heavy atom. The summed E-state index contributed by atoms with van der Waals surface area (Å²) in [6.45, 7) is 18.3. The van der Waals surface area contributed by atoms with Crippen LogP contribution in [-0.2, 0) is 0 Å². The van der Waals surface area contributed by atoms with Crippen molar-refractivity contribution in [1.29, 1.82) is 5.41 Å². The van der Waals surface area contributed by atoms with Gasteiger partial charge in [-0.05, 0) is 58.1 Å². The minimum Gasteiger partial charge on any atom is -0.363 e. The van der Waals surface area contributed by atoms with E-state index in [2.05, 4.69) is 49.8 Å². The summed E-state index contributed by atoms with van der Waals surface area (Å²) < 4.78 is 0. The smallest absolute Gasteiger partial charge is 0.169 e. The zero-order chi connectivity index (χ0) is 22.8. The molecule has 0 aliphatic carbocycles. The van der Waals surface area contributed by atoms with Crippen molar-refractivity contribution in [3.63, 3.8) is 0 Å². The first-order valence-electron chi connectivity index (χ1n) is 10.5. The molecule has 1 fully saturated rings. The topological polar surface area (TPSA) is 80.5 Å². The maximum Gasteiger partial charge on any atom is 0.169 e. The second-order valence-electron chi connectivity index (χ2n) is 5.85. The number of hydrogen-bond donors (Lipinski definition) is 2. The number of thiocarbonyl (C=S) groups is 1. The minimum absolute atomic E-state index is 0.833. The molecule has 0 atom stereocenters. The van der Waals surface area contributed by atoms with Gasteiger partial charge in [0.05, 0.1) is 5.52 Å². The zero-order valence-electron chi connectivity index (χ0n) is 19.1. The van der Waals surface area contributed by atoms with E-state index in [0.29, 0.717) is 0 Å². The van der Waals surface area contributed by atoms with Gasteiger partial charge in [0.2, 0.25) is 0 Å². The van der Waals surface area contributed by atoms with E-state index in [1.54, 1.807) is 13.3 Å². The highest BCUT2D eigenvalue weighted by atomic mass is 32.1. The Hall–Kier alpha value is -2.61. The van der Waals surface area contributed by atoms with Gasteiger partial charge in [-0.1, -0.05) is 26.0 Å². The molecule has 2 N–H and O–H groups in total. The van der Waals surface area contributed by atoms with Crippen LogP contribution in [0.5, 0.6) is 0 Å². The van der Waals surface area contributed by atoms with Gasteiger partial charge >= 0.3 is 0 Å². The van der Waals surface area contributed by atoms with Crippen LogP contribution < -0.4 is 10.2 Å². The summed E-state index contributed by atoms with van der Waals surface area (Å²) in [6, 6.07) is 8.15. The van der Waals surface area contributed by atoms with E-state index < -0.39 is 0 Å². The van der Waals surface area contributed by atoms with Gasteiger partial charge in [0.15, 0.2) is 5.11 Å². The average molecular weight is 432 g/mol. The molecule has 8 heteroatoms. The van der Waals surface area contributed by atoms with Gasteiger partial charge in [0.1, 0.15) is 12.1 Å². The van der Waals surface area contributed by atoms with Crippen LogP contribution in [-0.4, -0.2) is 72.2 Å². The molecule has 1 aromatic carbocycles. The van der Waals surface area contributed by atoms with Crippen LogP contribution in [0, 0.1) is 5.41 Å². The second kappa shape index (κ2) is 17.3. The minimum atomic E-state index is 0.833.